The fraction of sp³-hybridized carbons (Fsp3) is 1.00. The molecule has 3 heteroatoms. The summed E-state index contributed by atoms with van der Waals surface area (Å²) >= 11 is 0. The van der Waals surface area contributed by atoms with Gasteiger partial charge in [0.1, 0.15) is 0 Å². The van der Waals surface area contributed by atoms with Crippen LogP contribution >= 0.6 is 0 Å². The maximum atomic E-state index is 3.27. The first-order chi connectivity index (χ1) is 7.27. The van der Waals surface area contributed by atoms with Crippen LogP contribution in [0.1, 0.15) is 26.2 Å². The highest BCUT2D eigenvalue weighted by molar-refractivity contribution is 4.77. The van der Waals surface area contributed by atoms with Crippen molar-refractivity contribution in [1.82, 2.24) is 15.1 Å². The molecule has 0 saturated carbocycles. The van der Waals surface area contributed by atoms with Gasteiger partial charge in [0.05, 0.1) is 0 Å². The van der Waals surface area contributed by atoms with Crippen LogP contribution in [-0.4, -0.2) is 62.7 Å². The molecule has 0 spiro atoms. The molecule has 3 nitrogen and oxygen atoms in total. The van der Waals surface area contributed by atoms with Gasteiger partial charge in [0, 0.05) is 32.2 Å². The van der Waals surface area contributed by atoms with Crippen molar-refractivity contribution in [3.63, 3.8) is 0 Å². The second-order valence-corrected chi connectivity index (χ2v) is 4.67. The number of likely N-dealkylation sites (N-methyl/N-ethyl adjacent to an activating group) is 1. The lowest BCUT2D eigenvalue weighted by Gasteiger charge is -2.38. The highest BCUT2D eigenvalue weighted by atomic mass is 15.3. The van der Waals surface area contributed by atoms with E-state index in [0.29, 0.717) is 0 Å². The molecular weight excluding hydrogens is 186 g/mol. The molecule has 1 saturated heterocycles. The summed E-state index contributed by atoms with van der Waals surface area (Å²) in [6, 6.07) is 0.802. The Balaban J connectivity index is 2.33. The predicted octanol–water partition coefficient (Wildman–Crippen LogP) is 1.01. The lowest BCUT2D eigenvalue weighted by molar-refractivity contribution is 0.102. The molecule has 0 amide bonds. The van der Waals surface area contributed by atoms with Crippen molar-refractivity contribution in [2.24, 2.45) is 0 Å². The van der Waals surface area contributed by atoms with Gasteiger partial charge in [0.2, 0.25) is 0 Å². The molecule has 1 aliphatic heterocycles. The van der Waals surface area contributed by atoms with E-state index in [9.17, 15) is 0 Å². The van der Waals surface area contributed by atoms with Crippen molar-refractivity contribution in [1.29, 1.82) is 0 Å². The zero-order chi connectivity index (χ0) is 11.1. The van der Waals surface area contributed by atoms with Gasteiger partial charge < -0.3 is 10.2 Å². The first-order valence-electron chi connectivity index (χ1n) is 6.35. The first-order valence-corrected chi connectivity index (χ1v) is 6.35. The minimum absolute atomic E-state index is 0.802. The monoisotopic (exact) mass is 213 g/mol. The summed E-state index contributed by atoms with van der Waals surface area (Å²) in [6.45, 7) is 8.43. The minimum atomic E-state index is 0.802. The molecule has 0 aromatic carbocycles. The highest BCUT2D eigenvalue weighted by Crippen LogP contribution is 2.13. The molecule has 1 unspecified atom stereocenters. The van der Waals surface area contributed by atoms with Gasteiger partial charge in [-0.3, -0.25) is 4.90 Å². The Bertz CT molecular complexity index is 153. The molecule has 1 aliphatic rings. The van der Waals surface area contributed by atoms with E-state index in [2.05, 4.69) is 29.1 Å². The van der Waals surface area contributed by atoms with E-state index in [0.717, 1.165) is 12.6 Å². The first kappa shape index (κ1) is 12.9. The molecule has 0 aromatic rings. The lowest BCUT2D eigenvalue weighted by Crippen LogP contribution is -2.49. The van der Waals surface area contributed by atoms with E-state index in [1.165, 1.54) is 45.4 Å². The summed E-state index contributed by atoms with van der Waals surface area (Å²) in [7, 11) is 4.27. The van der Waals surface area contributed by atoms with Crippen LogP contribution in [0.15, 0.2) is 0 Å². The maximum absolute atomic E-state index is 3.27. The van der Waals surface area contributed by atoms with Crippen LogP contribution in [0.2, 0.25) is 0 Å². The van der Waals surface area contributed by atoms with Crippen LogP contribution in [0.25, 0.3) is 0 Å². The Labute approximate surface area is 94.8 Å². The topological polar surface area (TPSA) is 18.5 Å². The zero-order valence-electron chi connectivity index (χ0n) is 10.6. The fourth-order valence-corrected chi connectivity index (χ4v) is 2.34. The third kappa shape index (κ3) is 4.49. The van der Waals surface area contributed by atoms with Crippen LogP contribution in [0.5, 0.6) is 0 Å². The second-order valence-electron chi connectivity index (χ2n) is 4.67. The lowest BCUT2D eigenvalue weighted by atomic mass is 10.1. The molecule has 0 aliphatic carbocycles. The number of nitrogens with zero attached hydrogens (tertiary/aromatic N) is 2. The van der Waals surface area contributed by atoms with Crippen molar-refractivity contribution in [3.8, 4) is 0 Å². The van der Waals surface area contributed by atoms with Crippen LogP contribution < -0.4 is 5.32 Å². The number of hydrogen-bond donors (Lipinski definition) is 1. The van der Waals surface area contributed by atoms with Crippen LogP contribution in [0.3, 0.4) is 0 Å². The van der Waals surface area contributed by atoms with Gasteiger partial charge in [0.15, 0.2) is 0 Å². The molecular formula is C12H27N3. The summed E-state index contributed by atoms with van der Waals surface area (Å²) in [5.41, 5.74) is 0. The quantitative estimate of drug-likeness (QED) is 0.710. The van der Waals surface area contributed by atoms with Crippen molar-refractivity contribution < 1.29 is 0 Å². The zero-order valence-corrected chi connectivity index (χ0v) is 10.6. The number of piperazine rings is 1. The Morgan fingerprint density at radius 2 is 1.80 bits per heavy atom. The third-order valence-electron chi connectivity index (χ3n) is 3.40. The van der Waals surface area contributed by atoms with E-state index in [-0.39, 0.29) is 0 Å². The van der Waals surface area contributed by atoms with Gasteiger partial charge in [-0.15, -0.1) is 0 Å². The normalized spacial score (nSPS) is 21.8. The van der Waals surface area contributed by atoms with Gasteiger partial charge in [-0.1, -0.05) is 13.3 Å². The average Bonchev–Trinajstić information content (AvgIpc) is 2.25. The Hall–Kier alpha value is -0.120. The SMILES string of the molecule is CCCC(CCNC)N1CCN(C)CC1. The molecule has 0 aromatic heterocycles. The Kier molecular flexibility index (Phi) is 6.22. The van der Waals surface area contributed by atoms with E-state index >= 15 is 0 Å². The average molecular weight is 213 g/mol. The molecule has 1 rings (SSSR count). The summed E-state index contributed by atoms with van der Waals surface area (Å²) in [4.78, 5) is 5.11. The summed E-state index contributed by atoms with van der Waals surface area (Å²) in [6.07, 6.45) is 3.96. The smallest absolute Gasteiger partial charge is 0.0113 e. The van der Waals surface area contributed by atoms with Gasteiger partial charge in [-0.2, -0.15) is 0 Å². The molecule has 1 N–H and O–H groups in total. The third-order valence-corrected chi connectivity index (χ3v) is 3.40. The highest BCUT2D eigenvalue weighted by Gasteiger charge is 2.20. The van der Waals surface area contributed by atoms with Crippen LogP contribution in [0.4, 0.5) is 0 Å². The van der Waals surface area contributed by atoms with E-state index in [1.807, 2.05) is 7.05 Å². The van der Waals surface area contributed by atoms with Crippen molar-refractivity contribution in [3.05, 3.63) is 0 Å². The number of rotatable bonds is 6. The van der Waals surface area contributed by atoms with Gasteiger partial charge >= 0.3 is 0 Å². The van der Waals surface area contributed by atoms with Crippen LogP contribution in [0, 0.1) is 0 Å². The fourth-order valence-electron chi connectivity index (χ4n) is 2.34. The van der Waals surface area contributed by atoms with Crippen LogP contribution in [-0.2, 0) is 0 Å². The molecule has 0 bridgehead atoms. The van der Waals surface area contributed by atoms with Crippen molar-refractivity contribution in [2.45, 2.75) is 32.2 Å². The number of nitrogens with one attached hydrogen (secondary N) is 1. The predicted molar refractivity (Wildman–Crippen MR) is 66.3 cm³/mol. The van der Waals surface area contributed by atoms with Gasteiger partial charge in [-0.25, -0.2) is 0 Å². The summed E-state index contributed by atoms with van der Waals surface area (Å²) in [5, 5.41) is 3.27. The van der Waals surface area contributed by atoms with E-state index in [4.69, 9.17) is 0 Å². The Morgan fingerprint density at radius 1 is 1.13 bits per heavy atom. The summed E-state index contributed by atoms with van der Waals surface area (Å²) in [5.74, 6) is 0. The minimum Gasteiger partial charge on any atom is -0.320 e. The van der Waals surface area contributed by atoms with Crippen molar-refractivity contribution in [2.75, 3.05) is 46.8 Å². The van der Waals surface area contributed by atoms with E-state index in [1.54, 1.807) is 0 Å². The maximum Gasteiger partial charge on any atom is 0.0113 e. The molecule has 15 heavy (non-hydrogen) atoms. The molecule has 1 heterocycles. The standard InChI is InChI=1S/C12H27N3/c1-4-5-12(6-7-13-2)15-10-8-14(3)9-11-15/h12-13H,4-11H2,1-3H3. The Morgan fingerprint density at radius 3 is 2.33 bits per heavy atom. The van der Waals surface area contributed by atoms with Gasteiger partial charge in [-0.05, 0) is 33.5 Å². The molecule has 1 atom stereocenters. The van der Waals surface area contributed by atoms with Crippen molar-refractivity contribution >= 4 is 0 Å². The molecule has 1 fully saturated rings. The second kappa shape index (κ2) is 7.20. The van der Waals surface area contributed by atoms with E-state index < -0.39 is 0 Å². The summed E-state index contributed by atoms with van der Waals surface area (Å²) < 4.78 is 0. The largest absolute Gasteiger partial charge is 0.320 e. The number of hydrogen-bond acceptors (Lipinski definition) is 3. The molecule has 0 radical (unpaired) electrons. The van der Waals surface area contributed by atoms with Gasteiger partial charge in [0.25, 0.3) is 0 Å². The molecule has 90 valence electrons.